The molecule has 3 saturated carbocycles. The quantitative estimate of drug-likeness (QED) is 0.768. The Morgan fingerprint density at radius 3 is 2.43 bits per heavy atom. The van der Waals surface area contributed by atoms with Crippen molar-refractivity contribution >= 4 is 0 Å². The monoisotopic (exact) mass is 293 g/mol. The number of nitrogens with one attached hydrogen (secondary N) is 1. The molecule has 0 amide bonds. The molecule has 3 fully saturated rings. The predicted octanol–water partition coefficient (Wildman–Crippen LogP) is 4.67. The molecule has 2 unspecified atom stereocenters. The van der Waals surface area contributed by atoms with Crippen molar-refractivity contribution < 1.29 is 4.74 Å². The molecular formula is C19H35NO. The first kappa shape index (κ1) is 15.8. The van der Waals surface area contributed by atoms with E-state index in [4.69, 9.17) is 4.74 Å². The predicted molar refractivity (Wildman–Crippen MR) is 88.5 cm³/mol. The van der Waals surface area contributed by atoms with E-state index in [1.807, 2.05) is 0 Å². The zero-order valence-electron chi connectivity index (χ0n) is 14.0. The SMILES string of the molecule is CCOC1CC(NCCC2CCCCC2)C12CCCCC2. The van der Waals surface area contributed by atoms with Gasteiger partial charge in [-0.3, -0.25) is 0 Å². The van der Waals surface area contributed by atoms with Gasteiger partial charge in [0.25, 0.3) is 0 Å². The van der Waals surface area contributed by atoms with Crippen LogP contribution in [-0.4, -0.2) is 25.3 Å². The molecule has 0 aromatic carbocycles. The van der Waals surface area contributed by atoms with Gasteiger partial charge in [0, 0.05) is 18.1 Å². The second-order valence-corrected chi connectivity index (χ2v) is 7.77. The molecule has 3 aliphatic rings. The summed E-state index contributed by atoms with van der Waals surface area (Å²) in [4.78, 5) is 0. The van der Waals surface area contributed by atoms with Gasteiger partial charge < -0.3 is 10.1 Å². The molecule has 0 saturated heterocycles. The van der Waals surface area contributed by atoms with Gasteiger partial charge in [-0.2, -0.15) is 0 Å². The molecule has 1 N–H and O–H groups in total. The Hall–Kier alpha value is -0.0800. The molecule has 3 aliphatic carbocycles. The summed E-state index contributed by atoms with van der Waals surface area (Å²) in [7, 11) is 0. The molecule has 0 radical (unpaired) electrons. The van der Waals surface area contributed by atoms with Crippen molar-refractivity contribution in [2.75, 3.05) is 13.2 Å². The molecule has 2 heteroatoms. The van der Waals surface area contributed by atoms with E-state index in [1.165, 1.54) is 83.6 Å². The second-order valence-electron chi connectivity index (χ2n) is 7.77. The Morgan fingerprint density at radius 2 is 1.71 bits per heavy atom. The first-order valence-electron chi connectivity index (χ1n) is 9.70. The van der Waals surface area contributed by atoms with Crippen molar-refractivity contribution in [2.45, 2.75) is 96.1 Å². The smallest absolute Gasteiger partial charge is 0.0661 e. The van der Waals surface area contributed by atoms with Crippen LogP contribution in [0.2, 0.25) is 0 Å². The van der Waals surface area contributed by atoms with Crippen LogP contribution in [0.1, 0.15) is 84.0 Å². The minimum absolute atomic E-state index is 0.501. The van der Waals surface area contributed by atoms with Crippen LogP contribution in [0.25, 0.3) is 0 Å². The van der Waals surface area contributed by atoms with E-state index < -0.39 is 0 Å². The number of ether oxygens (including phenoxy) is 1. The third kappa shape index (κ3) is 3.47. The normalized spacial score (nSPS) is 33.0. The maximum absolute atomic E-state index is 6.06. The largest absolute Gasteiger partial charge is 0.378 e. The van der Waals surface area contributed by atoms with E-state index in [9.17, 15) is 0 Å². The number of rotatable bonds is 6. The standard InChI is InChI=1S/C19H35NO/c1-2-21-18-15-17(19(18)12-7-4-8-13-19)20-14-11-16-9-5-3-6-10-16/h16-18,20H,2-15H2,1H3. The zero-order valence-corrected chi connectivity index (χ0v) is 14.0. The van der Waals surface area contributed by atoms with E-state index in [1.54, 1.807) is 0 Å². The van der Waals surface area contributed by atoms with Crippen molar-refractivity contribution in [3.8, 4) is 0 Å². The van der Waals surface area contributed by atoms with Gasteiger partial charge >= 0.3 is 0 Å². The summed E-state index contributed by atoms with van der Waals surface area (Å²) in [6.07, 6.45) is 17.7. The highest BCUT2D eigenvalue weighted by molar-refractivity contribution is 5.08. The van der Waals surface area contributed by atoms with Crippen LogP contribution in [0.5, 0.6) is 0 Å². The topological polar surface area (TPSA) is 21.3 Å². The molecule has 3 rings (SSSR count). The van der Waals surface area contributed by atoms with E-state index in [-0.39, 0.29) is 0 Å². The number of hydrogen-bond acceptors (Lipinski definition) is 2. The summed E-state index contributed by atoms with van der Waals surface area (Å²) in [6.45, 7) is 4.29. The van der Waals surface area contributed by atoms with E-state index in [2.05, 4.69) is 12.2 Å². The molecule has 0 heterocycles. The second kappa shape index (κ2) is 7.46. The van der Waals surface area contributed by atoms with Crippen LogP contribution >= 0.6 is 0 Å². The van der Waals surface area contributed by atoms with Crippen molar-refractivity contribution in [2.24, 2.45) is 11.3 Å². The van der Waals surface area contributed by atoms with Gasteiger partial charge in [0.1, 0.15) is 0 Å². The maximum Gasteiger partial charge on any atom is 0.0661 e. The van der Waals surface area contributed by atoms with Crippen molar-refractivity contribution in [1.29, 1.82) is 0 Å². The molecule has 1 spiro atoms. The zero-order chi connectivity index (χ0) is 14.5. The Kier molecular flexibility index (Phi) is 5.61. The van der Waals surface area contributed by atoms with E-state index in [0.29, 0.717) is 11.5 Å². The summed E-state index contributed by atoms with van der Waals surface area (Å²) in [5, 5.41) is 3.94. The van der Waals surface area contributed by atoms with Crippen molar-refractivity contribution in [3.63, 3.8) is 0 Å². The highest BCUT2D eigenvalue weighted by atomic mass is 16.5. The fraction of sp³-hybridized carbons (Fsp3) is 1.00. The molecule has 122 valence electrons. The van der Waals surface area contributed by atoms with Gasteiger partial charge in [0.05, 0.1) is 6.10 Å². The van der Waals surface area contributed by atoms with Crippen molar-refractivity contribution in [3.05, 3.63) is 0 Å². The molecule has 21 heavy (non-hydrogen) atoms. The fourth-order valence-electron chi connectivity index (χ4n) is 5.29. The van der Waals surface area contributed by atoms with Gasteiger partial charge in [-0.25, -0.2) is 0 Å². The summed E-state index contributed by atoms with van der Waals surface area (Å²) in [5.41, 5.74) is 0.501. The Bertz CT molecular complexity index is 305. The van der Waals surface area contributed by atoms with Gasteiger partial charge in [-0.05, 0) is 45.1 Å². The Labute approximate surface area is 131 Å². The van der Waals surface area contributed by atoms with Crippen LogP contribution in [0, 0.1) is 11.3 Å². The average molecular weight is 293 g/mol. The van der Waals surface area contributed by atoms with Crippen LogP contribution in [0.4, 0.5) is 0 Å². The molecule has 2 nitrogen and oxygen atoms in total. The highest BCUT2D eigenvalue weighted by Gasteiger charge is 2.55. The van der Waals surface area contributed by atoms with Gasteiger partial charge in [-0.1, -0.05) is 51.4 Å². The van der Waals surface area contributed by atoms with E-state index in [0.717, 1.165) is 18.6 Å². The molecule has 0 aromatic rings. The lowest BCUT2D eigenvalue weighted by molar-refractivity contribution is -0.150. The van der Waals surface area contributed by atoms with Gasteiger partial charge in [0.2, 0.25) is 0 Å². The summed E-state index contributed by atoms with van der Waals surface area (Å²) >= 11 is 0. The van der Waals surface area contributed by atoms with Gasteiger partial charge in [0.15, 0.2) is 0 Å². The fourth-order valence-corrected chi connectivity index (χ4v) is 5.29. The maximum atomic E-state index is 6.06. The molecule has 0 aromatic heterocycles. The lowest BCUT2D eigenvalue weighted by Gasteiger charge is -2.58. The summed E-state index contributed by atoms with van der Waals surface area (Å²) in [6, 6.07) is 0.748. The van der Waals surface area contributed by atoms with Crippen molar-refractivity contribution in [1.82, 2.24) is 5.32 Å². The molecule has 0 aliphatic heterocycles. The molecular weight excluding hydrogens is 258 g/mol. The summed E-state index contributed by atoms with van der Waals surface area (Å²) in [5.74, 6) is 1.01. The van der Waals surface area contributed by atoms with Crippen LogP contribution in [0.3, 0.4) is 0 Å². The molecule has 2 atom stereocenters. The third-order valence-electron chi connectivity index (χ3n) is 6.61. The molecule has 0 bridgehead atoms. The first-order chi connectivity index (χ1) is 10.3. The van der Waals surface area contributed by atoms with E-state index >= 15 is 0 Å². The summed E-state index contributed by atoms with van der Waals surface area (Å²) < 4.78 is 6.06. The average Bonchev–Trinajstić information content (AvgIpc) is 2.55. The Balaban J connectivity index is 1.45. The minimum Gasteiger partial charge on any atom is -0.378 e. The number of hydrogen-bond donors (Lipinski definition) is 1. The highest BCUT2D eigenvalue weighted by Crippen LogP contribution is 2.53. The van der Waals surface area contributed by atoms with Crippen LogP contribution < -0.4 is 5.32 Å². The minimum atomic E-state index is 0.501. The third-order valence-corrected chi connectivity index (χ3v) is 6.61. The van der Waals surface area contributed by atoms with Crippen LogP contribution in [0.15, 0.2) is 0 Å². The lowest BCUT2D eigenvalue weighted by Crippen LogP contribution is -2.64. The Morgan fingerprint density at radius 1 is 1.00 bits per heavy atom. The first-order valence-corrected chi connectivity index (χ1v) is 9.70. The lowest BCUT2D eigenvalue weighted by atomic mass is 9.55. The van der Waals surface area contributed by atoms with Crippen LogP contribution in [-0.2, 0) is 4.74 Å². The van der Waals surface area contributed by atoms with Gasteiger partial charge in [-0.15, -0.1) is 0 Å².